The maximum Gasteiger partial charge on any atom is 0.412 e. The summed E-state index contributed by atoms with van der Waals surface area (Å²) in [5, 5.41) is 2.63. The number of hydrogen-bond acceptors (Lipinski definition) is 6. The first-order chi connectivity index (χ1) is 15.0. The number of sulfonamides is 1. The molecule has 1 aliphatic rings. The normalized spacial score (nSPS) is 13.4. The number of fused-ring (bicyclic) bond motifs is 1. The van der Waals surface area contributed by atoms with E-state index in [-0.39, 0.29) is 17.2 Å². The molecule has 1 amide bonds. The third kappa shape index (κ3) is 5.89. The Labute approximate surface area is 188 Å². The summed E-state index contributed by atoms with van der Waals surface area (Å²) < 4.78 is 51.8. The van der Waals surface area contributed by atoms with Gasteiger partial charge < -0.3 is 15.2 Å². The van der Waals surface area contributed by atoms with E-state index in [1.54, 1.807) is 39.0 Å². The third-order valence-corrected chi connectivity index (χ3v) is 6.33. The maximum absolute atomic E-state index is 13.7. The van der Waals surface area contributed by atoms with Crippen molar-refractivity contribution < 1.29 is 27.1 Å². The number of nitrogens with zero attached hydrogens (tertiary/aromatic N) is 1. The molecule has 3 N–H and O–H groups in total. The van der Waals surface area contributed by atoms with Crippen LogP contribution >= 0.6 is 0 Å². The van der Waals surface area contributed by atoms with Crippen molar-refractivity contribution in [2.75, 3.05) is 30.3 Å². The van der Waals surface area contributed by atoms with Crippen molar-refractivity contribution in [2.24, 2.45) is 5.73 Å². The highest BCUT2D eigenvalue weighted by molar-refractivity contribution is 7.92. The SMILES string of the molecule is CN.COc1cc(S(=O)(=O)N2CCCc3ccc(NC(=O)OC(C)(C)C)cc32)ccc1F. The third-order valence-electron chi connectivity index (χ3n) is 4.52. The summed E-state index contributed by atoms with van der Waals surface area (Å²) in [4.78, 5) is 12.0. The van der Waals surface area contributed by atoms with Crippen LogP contribution in [0.3, 0.4) is 0 Å². The molecule has 0 radical (unpaired) electrons. The van der Waals surface area contributed by atoms with Gasteiger partial charge in [-0.3, -0.25) is 9.62 Å². The Morgan fingerprint density at radius 1 is 1.16 bits per heavy atom. The number of carbonyl (C=O) groups excluding carboxylic acids is 1. The molecule has 2 aromatic carbocycles. The molecule has 0 unspecified atom stereocenters. The minimum Gasteiger partial charge on any atom is -0.494 e. The van der Waals surface area contributed by atoms with Gasteiger partial charge in [0.25, 0.3) is 10.0 Å². The number of anilines is 2. The molecule has 0 saturated carbocycles. The molecule has 32 heavy (non-hydrogen) atoms. The molecule has 3 rings (SSSR count). The molecular weight excluding hydrogens is 437 g/mol. The molecule has 10 heteroatoms. The number of carbonyl (C=O) groups is 1. The van der Waals surface area contributed by atoms with E-state index in [0.29, 0.717) is 24.2 Å². The van der Waals surface area contributed by atoms with Gasteiger partial charge in [0.1, 0.15) is 5.60 Å². The number of methoxy groups -OCH3 is 1. The van der Waals surface area contributed by atoms with Crippen molar-refractivity contribution in [3.05, 3.63) is 47.8 Å². The fourth-order valence-electron chi connectivity index (χ4n) is 3.22. The van der Waals surface area contributed by atoms with Crippen LogP contribution in [0.1, 0.15) is 32.8 Å². The summed E-state index contributed by atoms with van der Waals surface area (Å²) >= 11 is 0. The van der Waals surface area contributed by atoms with E-state index in [9.17, 15) is 17.6 Å². The fraction of sp³-hybridized carbons (Fsp3) is 0.409. The van der Waals surface area contributed by atoms with Crippen molar-refractivity contribution in [3.8, 4) is 5.75 Å². The van der Waals surface area contributed by atoms with Crippen molar-refractivity contribution in [1.29, 1.82) is 0 Å². The number of rotatable bonds is 4. The smallest absolute Gasteiger partial charge is 0.412 e. The number of halogens is 1. The van der Waals surface area contributed by atoms with Gasteiger partial charge in [-0.05, 0) is 70.5 Å². The molecule has 0 fully saturated rings. The number of amides is 1. The van der Waals surface area contributed by atoms with E-state index in [1.165, 1.54) is 30.6 Å². The molecule has 0 spiro atoms. The Balaban J connectivity index is 0.00000176. The van der Waals surface area contributed by atoms with Crippen LogP contribution in [0, 0.1) is 5.82 Å². The van der Waals surface area contributed by atoms with Crippen LogP contribution in [0.2, 0.25) is 0 Å². The first-order valence-electron chi connectivity index (χ1n) is 10.1. The Morgan fingerprint density at radius 3 is 2.47 bits per heavy atom. The van der Waals surface area contributed by atoms with Gasteiger partial charge in [0, 0.05) is 18.3 Å². The average molecular weight is 468 g/mol. The van der Waals surface area contributed by atoms with Crippen LogP contribution in [0.4, 0.5) is 20.6 Å². The van der Waals surface area contributed by atoms with Crippen molar-refractivity contribution in [1.82, 2.24) is 0 Å². The minimum absolute atomic E-state index is 0.0703. The molecule has 1 aliphatic heterocycles. The molecule has 1 heterocycles. The lowest BCUT2D eigenvalue weighted by Crippen LogP contribution is -2.35. The predicted molar refractivity (Wildman–Crippen MR) is 122 cm³/mol. The largest absolute Gasteiger partial charge is 0.494 e. The van der Waals surface area contributed by atoms with E-state index < -0.39 is 27.5 Å². The Kier molecular flexibility index (Phi) is 8.08. The summed E-state index contributed by atoms with van der Waals surface area (Å²) in [6.45, 7) is 5.53. The van der Waals surface area contributed by atoms with E-state index in [0.717, 1.165) is 11.6 Å². The zero-order valence-corrected chi connectivity index (χ0v) is 19.8. The average Bonchev–Trinajstić information content (AvgIpc) is 2.73. The summed E-state index contributed by atoms with van der Waals surface area (Å²) in [6.07, 6.45) is 0.723. The predicted octanol–water partition coefficient (Wildman–Crippen LogP) is 3.90. The molecule has 0 aromatic heterocycles. The quantitative estimate of drug-likeness (QED) is 0.706. The molecular formula is C22H30FN3O5S. The molecule has 0 atom stereocenters. The van der Waals surface area contributed by atoms with Gasteiger partial charge in [-0.2, -0.15) is 0 Å². The number of aryl methyl sites for hydroxylation is 1. The Bertz CT molecular complexity index is 1070. The lowest BCUT2D eigenvalue weighted by atomic mass is 10.0. The summed E-state index contributed by atoms with van der Waals surface area (Å²) in [7, 11) is -1.18. The van der Waals surface area contributed by atoms with Crippen LogP contribution in [-0.4, -0.2) is 40.8 Å². The minimum atomic E-state index is -3.96. The zero-order valence-electron chi connectivity index (χ0n) is 18.9. The second-order valence-electron chi connectivity index (χ2n) is 7.95. The van der Waals surface area contributed by atoms with Crippen LogP contribution < -0.4 is 20.1 Å². The van der Waals surface area contributed by atoms with Gasteiger partial charge in [0.2, 0.25) is 0 Å². The molecule has 2 aromatic rings. The number of benzene rings is 2. The molecule has 176 valence electrons. The first-order valence-corrected chi connectivity index (χ1v) is 11.5. The summed E-state index contributed by atoms with van der Waals surface area (Å²) in [6, 6.07) is 8.55. The molecule has 8 nitrogen and oxygen atoms in total. The van der Waals surface area contributed by atoms with Gasteiger partial charge in [-0.25, -0.2) is 17.6 Å². The topological polar surface area (TPSA) is 111 Å². The van der Waals surface area contributed by atoms with E-state index in [1.807, 2.05) is 0 Å². The second-order valence-corrected chi connectivity index (χ2v) is 9.81. The van der Waals surface area contributed by atoms with Gasteiger partial charge in [0.05, 0.1) is 17.7 Å². The molecule has 0 bridgehead atoms. The monoisotopic (exact) mass is 467 g/mol. The van der Waals surface area contributed by atoms with E-state index in [2.05, 4.69) is 11.1 Å². The van der Waals surface area contributed by atoms with Crippen LogP contribution in [0.15, 0.2) is 41.3 Å². The number of nitrogens with two attached hydrogens (primary N) is 1. The first kappa shape index (κ1) is 25.4. The number of nitrogens with one attached hydrogen (secondary N) is 1. The Morgan fingerprint density at radius 2 is 1.84 bits per heavy atom. The number of ether oxygens (including phenoxy) is 2. The van der Waals surface area contributed by atoms with Gasteiger partial charge >= 0.3 is 6.09 Å². The fourth-order valence-corrected chi connectivity index (χ4v) is 4.77. The maximum atomic E-state index is 13.7. The highest BCUT2D eigenvalue weighted by Crippen LogP contribution is 2.35. The molecule has 0 aliphatic carbocycles. The van der Waals surface area contributed by atoms with Crippen molar-refractivity contribution in [2.45, 2.75) is 44.1 Å². The summed E-state index contributed by atoms with van der Waals surface area (Å²) in [5.41, 5.74) is 5.57. The lowest BCUT2D eigenvalue weighted by Gasteiger charge is -2.31. The van der Waals surface area contributed by atoms with Crippen molar-refractivity contribution >= 4 is 27.5 Å². The van der Waals surface area contributed by atoms with Crippen LogP contribution in [-0.2, 0) is 21.2 Å². The highest BCUT2D eigenvalue weighted by Gasteiger charge is 2.30. The Hall–Kier alpha value is -2.85. The van der Waals surface area contributed by atoms with E-state index in [4.69, 9.17) is 9.47 Å². The van der Waals surface area contributed by atoms with Gasteiger partial charge in [-0.1, -0.05) is 6.07 Å². The zero-order chi connectivity index (χ0) is 24.1. The van der Waals surface area contributed by atoms with Gasteiger partial charge in [-0.15, -0.1) is 0 Å². The summed E-state index contributed by atoms with van der Waals surface area (Å²) in [5.74, 6) is -0.784. The van der Waals surface area contributed by atoms with Crippen LogP contribution in [0.5, 0.6) is 5.75 Å². The van der Waals surface area contributed by atoms with E-state index >= 15 is 0 Å². The van der Waals surface area contributed by atoms with Gasteiger partial charge in [0.15, 0.2) is 11.6 Å². The van der Waals surface area contributed by atoms with Crippen molar-refractivity contribution in [3.63, 3.8) is 0 Å². The van der Waals surface area contributed by atoms with Crippen LogP contribution in [0.25, 0.3) is 0 Å². The highest BCUT2D eigenvalue weighted by atomic mass is 32.2. The molecule has 0 saturated heterocycles. The second kappa shape index (κ2) is 10.2. The number of hydrogen-bond donors (Lipinski definition) is 2. The lowest BCUT2D eigenvalue weighted by molar-refractivity contribution is 0.0636. The standard InChI is InChI=1S/C21H25FN2O5S.CH5N/c1-21(2,3)29-20(25)23-15-8-7-14-6-5-11-24(18(14)12-15)30(26,27)16-9-10-17(22)19(13-16)28-4;1-2/h7-10,12-13H,5-6,11H2,1-4H3,(H,23,25);2H2,1H3.